The molecule has 2 heterocycles. The Morgan fingerprint density at radius 1 is 1.42 bits per heavy atom. The molecule has 1 saturated carbocycles. The van der Waals surface area contributed by atoms with Gasteiger partial charge in [-0.25, -0.2) is 4.68 Å². The number of nitrogens with two attached hydrogens (primary N) is 1. The number of aromatic nitrogens is 5. The number of rotatable bonds is 3. The zero-order valence-electron chi connectivity index (χ0n) is 10.0. The molecule has 2 aromatic rings. The van der Waals surface area contributed by atoms with E-state index in [9.17, 15) is 9.90 Å². The first-order valence-corrected chi connectivity index (χ1v) is 5.98. The third-order valence-corrected chi connectivity index (χ3v) is 3.76. The van der Waals surface area contributed by atoms with Gasteiger partial charge in [0.1, 0.15) is 0 Å². The first-order chi connectivity index (χ1) is 9.15. The van der Waals surface area contributed by atoms with Gasteiger partial charge in [0.05, 0.1) is 6.04 Å². The normalized spacial score (nSPS) is 26.5. The molecular weight excluding hydrogens is 252 g/mol. The lowest BCUT2D eigenvalue weighted by molar-refractivity contribution is -0.0109. The van der Waals surface area contributed by atoms with Crippen molar-refractivity contribution < 1.29 is 10.2 Å². The van der Waals surface area contributed by atoms with E-state index >= 15 is 0 Å². The van der Waals surface area contributed by atoms with Crippen LogP contribution in [0.3, 0.4) is 0 Å². The molecule has 9 heteroatoms. The summed E-state index contributed by atoms with van der Waals surface area (Å²) in [5.41, 5.74) is 5.50. The monoisotopic (exact) mass is 266 g/mol. The number of H-pyrrole nitrogens is 1. The maximum atomic E-state index is 11.6. The maximum Gasteiger partial charge on any atom is 0.282 e. The van der Waals surface area contributed by atoms with Gasteiger partial charge in [-0.05, 0) is 12.3 Å². The Morgan fingerprint density at radius 2 is 2.21 bits per heavy atom. The summed E-state index contributed by atoms with van der Waals surface area (Å²) >= 11 is 0. The minimum Gasteiger partial charge on any atom is -0.396 e. The van der Waals surface area contributed by atoms with Crippen LogP contribution in [0.15, 0.2) is 4.79 Å². The number of aliphatic hydroxyl groups excluding tert-OH is 2. The topological polar surface area (TPSA) is 143 Å². The molecule has 2 aromatic heterocycles. The summed E-state index contributed by atoms with van der Waals surface area (Å²) in [7, 11) is 0. The third kappa shape index (κ3) is 1.70. The second-order valence-corrected chi connectivity index (χ2v) is 4.75. The fourth-order valence-corrected chi connectivity index (χ4v) is 2.62. The lowest BCUT2D eigenvalue weighted by atomic mass is 9.70. The van der Waals surface area contributed by atoms with Gasteiger partial charge in [-0.15, -0.1) is 5.10 Å². The number of hydrogen-bond donors (Lipinski definition) is 4. The highest BCUT2D eigenvalue weighted by Crippen LogP contribution is 2.43. The highest BCUT2D eigenvalue weighted by molar-refractivity contribution is 5.69. The fraction of sp³-hybridized carbons (Fsp3) is 0.600. The third-order valence-electron chi connectivity index (χ3n) is 3.76. The molecular formula is C10H14N6O3. The van der Waals surface area contributed by atoms with Crippen LogP contribution < -0.4 is 11.3 Å². The van der Waals surface area contributed by atoms with Crippen molar-refractivity contribution in [2.45, 2.75) is 12.5 Å². The highest BCUT2D eigenvalue weighted by atomic mass is 16.3. The predicted octanol–water partition coefficient (Wildman–Crippen LogP) is -1.74. The first kappa shape index (κ1) is 12.1. The predicted molar refractivity (Wildman–Crippen MR) is 65.2 cm³/mol. The zero-order chi connectivity index (χ0) is 13.6. The molecule has 1 aliphatic rings. The van der Waals surface area contributed by atoms with Gasteiger partial charge in [0, 0.05) is 19.1 Å². The van der Waals surface area contributed by atoms with E-state index in [1.807, 2.05) is 0 Å². The van der Waals surface area contributed by atoms with Gasteiger partial charge in [-0.3, -0.25) is 9.78 Å². The first-order valence-electron chi connectivity index (χ1n) is 5.98. The van der Waals surface area contributed by atoms with Crippen molar-refractivity contribution in [2.24, 2.45) is 11.8 Å². The van der Waals surface area contributed by atoms with Crippen LogP contribution in [-0.4, -0.2) is 48.4 Å². The Kier molecular flexibility index (Phi) is 2.72. The van der Waals surface area contributed by atoms with Crippen LogP contribution in [0.5, 0.6) is 0 Å². The number of nitrogens with one attached hydrogen (secondary N) is 1. The van der Waals surface area contributed by atoms with Gasteiger partial charge in [0.2, 0.25) is 5.95 Å². The van der Waals surface area contributed by atoms with Crippen LogP contribution in [0.4, 0.5) is 5.95 Å². The summed E-state index contributed by atoms with van der Waals surface area (Å²) in [6.45, 7) is -0.0412. The van der Waals surface area contributed by atoms with Gasteiger partial charge in [-0.2, -0.15) is 4.98 Å². The van der Waals surface area contributed by atoms with E-state index in [-0.39, 0.29) is 42.6 Å². The summed E-state index contributed by atoms with van der Waals surface area (Å²) in [6.07, 6.45) is 0.661. The van der Waals surface area contributed by atoms with Gasteiger partial charge in [0.15, 0.2) is 11.2 Å². The van der Waals surface area contributed by atoms with E-state index in [1.54, 1.807) is 0 Å². The molecule has 0 radical (unpaired) electrons. The number of anilines is 1. The summed E-state index contributed by atoms with van der Waals surface area (Å²) in [5.74, 6) is -0.0783. The van der Waals surface area contributed by atoms with Crippen LogP contribution in [0.25, 0.3) is 11.2 Å². The number of hydrogen-bond acceptors (Lipinski definition) is 7. The number of fused-ring (bicyclic) bond motifs is 1. The second-order valence-electron chi connectivity index (χ2n) is 4.75. The molecule has 3 atom stereocenters. The van der Waals surface area contributed by atoms with Crippen molar-refractivity contribution in [3.8, 4) is 0 Å². The van der Waals surface area contributed by atoms with Gasteiger partial charge in [0.25, 0.3) is 5.56 Å². The molecule has 5 N–H and O–H groups in total. The van der Waals surface area contributed by atoms with Gasteiger partial charge < -0.3 is 15.9 Å². The molecule has 0 amide bonds. The Balaban J connectivity index is 2.05. The average Bonchev–Trinajstić information content (AvgIpc) is 2.73. The second kappa shape index (κ2) is 4.28. The molecule has 1 aliphatic carbocycles. The molecule has 0 unspecified atom stereocenters. The number of nitrogen functional groups attached to an aromatic ring is 1. The van der Waals surface area contributed by atoms with E-state index in [2.05, 4.69) is 20.3 Å². The fourth-order valence-electron chi connectivity index (χ4n) is 2.62. The standard InChI is InChI=1S/C10H14N6O3/c11-10-12-8-7(9(19)13-10)14-15-16(8)6-1-4(2-17)5(6)3-18/h4-6,17-18H,1-3H2,(H3,11,12,13,19)/t4-,5-,6-/m0/s1. The Bertz CT molecular complexity index is 665. The average molecular weight is 266 g/mol. The summed E-state index contributed by atoms with van der Waals surface area (Å²) < 4.78 is 1.51. The molecule has 0 spiro atoms. The van der Waals surface area contributed by atoms with E-state index in [0.717, 1.165) is 0 Å². The molecule has 0 aromatic carbocycles. The Labute approximate surface area is 107 Å². The van der Waals surface area contributed by atoms with Gasteiger partial charge >= 0.3 is 0 Å². The molecule has 3 rings (SSSR count). The maximum absolute atomic E-state index is 11.6. The van der Waals surface area contributed by atoms with Crippen molar-refractivity contribution in [3.63, 3.8) is 0 Å². The van der Waals surface area contributed by atoms with Crippen molar-refractivity contribution >= 4 is 17.1 Å². The molecule has 1 fully saturated rings. The van der Waals surface area contributed by atoms with Crippen molar-refractivity contribution in [2.75, 3.05) is 18.9 Å². The van der Waals surface area contributed by atoms with E-state index in [1.165, 1.54) is 4.68 Å². The summed E-state index contributed by atoms with van der Waals surface area (Å²) in [6, 6.07) is -0.124. The van der Waals surface area contributed by atoms with Crippen LogP contribution in [-0.2, 0) is 0 Å². The quantitative estimate of drug-likeness (QED) is 0.516. The van der Waals surface area contributed by atoms with Crippen molar-refractivity contribution in [1.29, 1.82) is 0 Å². The zero-order valence-corrected chi connectivity index (χ0v) is 10.0. The van der Waals surface area contributed by atoms with Crippen LogP contribution in [0.1, 0.15) is 12.5 Å². The Morgan fingerprint density at radius 3 is 2.89 bits per heavy atom. The number of nitrogens with zero attached hydrogens (tertiary/aromatic N) is 4. The van der Waals surface area contributed by atoms with Crippen LogP contribution in [0.2, 0.25) is 0 Å². The smallest absolute Gasteiger partial charge is 0.282 e. The SMILES string of the molecule is Nc1nc2c(nnn2[C@H]2C[C@@H](CO)[C@@H]2CO)c(=O)[nH]1. The van der Waals surface area contributed by atoms with Crippen molar-refractivity contribution in [3.05, 3.63) is 10.4 Å². The molecule has 0 bridgehead atoms. The lowest BCUT2D eigenvalue weighted by Gasteiger charge is -2.42. The molecule has 19 heavy (non-hydrogen) atoms. The molecule has 102 valence electrons. The molecule has 0 saturated heterocycles. The van der Waals surface area contributed by atoms with E-state index < -0.39 is 5.56 Å². The largest absolute Gasteiger partial charge is 0.396 e. The molecule has 9 nitrogen and oxygen atoms in total. The number of aliphatic hydroxyl groups is 2. The summed E-state index contributed by atoms with van der Waals surface area (Å²) in [5, 5.41) is 26.2. The minimum atomic E-state index is -0.438. The van der Waals surface area contributed by atoms with Crippen molar-refractivity contribution in [1.82, 2.24) is 25.0 Å². The lowest BCUT2D eigenvalue weighted by Crippen LogP contribution is -2.43. The van der Waals surface area contributed by atoms with Gasteiger partial charge in [-0.1, -0.05) is 5.21 Å². The minimum absolute atomic E-state index is 0.000342. The molecule has 0 aliphatic heterocycles. The van der Waals surface area contributed by atoms with Crippen LogP contribution >= 0.6 is 0 Å². The summed E-state index contributed by atoms with van der Waals surface area (Å²) in [4.78, 5) is 18.0. The van der Waals surface area contributed by atoms with Crippen LogP contribution in [0, 0.1) is 11.8 Å². The number of aromatic amines is 1. The highest BCUT2D eigenvalue weighted by Gasteiger charge is 2.42. The van der Waals surface area contributed by atoms with E-state index in [4.69, 9.17) is 10.8 Å². The van der Waals surface area contributed by atoms with E-state index in [0.29, 0.717) is 12.1 Å². The Hall–Kier alpha value is -2.00.